The molecule has 1 amide bonds. The van der Waals surface area contributed by atoms with E-state index in [0.29, 0.717) is 11.5 Å². The highest BCUT2D eigenvalue weighted by Gasteiger charge is 2.41. The lowest BCUT2D eigenvalue weighted by atomic mass is 9.79. The van der Waals surface area contributed by atoms with Crippen LogP contribution in [0.25, 0.3) is 0 Å². The number of anilines is 2. The molecule has 29 heavy (non-hydrogen) atoms. The number of hydrogen-bond acceptors (Lipinski definition) is 5. The van der Waals surface area contributed by atoms with Crippen LogP contribution in [0.4, 0.5) is 11.8 Å². The minimum atomic E-state index is -1.00. The lowest BCUT2D eigenvalue weighted by Gasteiger charge is -2.40. The van der Waals surface area contributed by atoms with Crippen LogP contribution in [0.5, 0.6) is 0 Å². The number of H-pyrrole nitrogens is 1. The second-order valence-corrected chi connectivity index (χ2v) is 8.73. The Hall–Kier alpha value is -2.66. The van der Waals surface area contributed by atoms with Crippen molar-refractivity contribution in [3.05, 3.63) is 50.2 Å². The van der Waals surface area contributed by atoms with Crippen LogP contribution in [0.1, 0.15) is 50.2 Å². The molecule has 2 aliphatic rings. The molecule has 8 heteroatoms. The third-order valence-corrected chi connectivity index (χ3v) is 6.39. The topological polar surface area (TPSA) is 102 Å². The molecule has 0 spiro atoms. The molecule has 1 aromatic heterocycles. The van der Waals surface area contributed by atoms with E-state index in [9.17, 15) is 14.9 Å². The third kappa shape index (κ3) is 3.44. The van der Waals surface area contributed by atoms with Crippen molar-refractivity contribution >= 4 is 33.6 Å². The van der Waals surface area contributed by atoms with Gasteiger partial charge >= 0.3 is 0 Å². The van der Waals surface area contributed by atoms with Gasteiger partial charge in [0.2, 0.25) is 11.9 Å². The fourth-order valence-corrected chi connectivity index (χ4v) is 4.94. The van der Waals surface area contributed by atoms with Crippen molar-refractivity contribution < 1.29 is 4.79 Å². The zero-order valence-electron chi connectivity index (χ0n) is 16.3. The highest BCUT2D eigenvalue weighted by molar-refractivity contribution is 9.10. The molecule has 1 fully saturated rings. The number of nitrogens with one attached hydrogen (secondary N) is 2. The summed E-state index contributed by atoms with van der Waals surface area (Å²) in [6.45, 7) is 4.23. The van der Waals surface area contributed by atoms with Gasteiger partial charge in [-0.1, -0.05) is 28.1 Å². The van der Waals surface area contributed by atoms with Crippen molar-refractivity contribution in [1.29, 1.82) is 5.26 Å². The third-order valence-electron chi connectivity index (χ3n) is 5.90. The first-order valence-corrected chi connectivity index (χ1v) is 10.6. The summed E-state index contributed by atoms with van der Waals surface area (Å²) in [5.41, 5.74) is 0.734. The summed E-state index contributed by atoms with van der Waals surface area (Å²) >= 11 is 3.43. The van der Waals surface area contributed by atoms with E-state index in [4.69, 9.17) is 0 Å². The number of fused-ring (bicyclic) bond motifs is 1. The van der Waals surface area contributed by atoms with Crippen LogP contribution in [0.15, 0.2) is 33.5 Å². The van der Waals surface area contributed by atoms with Crippen molar-refractivity contribution in [2.45, 2.75) is 51.1 Å². The molecular formula is C21H22BrN5O2. The zero-order valence-corrected chi connectivity index (χ0v) is 17.9. The minimum absolute atomic E-state index is 0.243. The highest BCUT2D eigenvalue weighted by atomic mass is 79.9. The SMILES string of the molecule is CC1CCCC(C)N1c1nc2c(c(=O)[nH]1)C(c1cccc(Br)c1)C(C#N)C(=O)N2. The van der Waals surface area contributed by atoms with E-state index in [1.54, 1.807) is 0 Å². The number of carbonyl (C=O) groups is 1. The lowest BCUT2D eigenvalue weighted by molar-refractivity contribution is -0.119. The summed E-state index contributed by atoms with van der Waals surface area (Å²) in [5, 5.41) is 12.3. The lowest BCUT2D eigenvalue weighted by Crippen LogP contribution is -2.46. The van der Waals surface area contributed by atoms with E-state index in [0.717, 1.165) is 29.3 Å². The number of nitriles is 1. The first kappa shape index (κ1) is 19.6. The molecule has 4 unspecified atom stereocenters. The van der Waals surface area contributed by atoms with Gasteiger partial charge in [0.25, 0.3) is 5.56 Å². The number of aromatic nitrogens is 2. The summed E-state index contributed by atoms with van der Waals surface area (Å²) in [6.07, 6.45) is 3.18. The molecule has 4 rings (SSSR count). The van der Waals surface area contributed by atoms with Gasteiger partial charge in [0.1, 0.15) is 11.7 Å². The summed E-state index contributed by atoms with van der Waals surface area (Å²) in [7, 11) is 0. The van der Waals surface area contributed by atoms with E-state index < -0.39 is 17.7 Å². The molecule has 0 bridgehead atoms. The standard InChI is InChI=1S/C21H22BrN5O2/c1-11-5-3-6-12(2)27(11)21-25-18-17(20(29)26-21)16(15(10-23)19(28)24-18)13-7-4-8-14(22)9-13/h4,7-9,11-12,15-16H,3,5-6H2,1-2H3,(H2,24,25,26,28,29). The molecule has 0 radical (unpaired) electrons. The van der Waals surface area contributed by atoms with Crippen LogP contribution in [0.3, 0.4) is 0 Å². The van der Waals surface area contributed by atoms with Gasteiger partial charge in [-0.3, -0.25) is 14.6 Å². The molecule has 4 atom stereocenters. The average Bonchev–Trinajstić information content (AvgIpc) is 2.66. The number of hydrogen-bond donors (Lipinski definition) is 2. The van der Waals surface area contributed by atoms with Gasteiger partial charge < -0.3 is 10.2 Å². The van der Waals surface area contributed by atoms with E-state index in [2.05, 4.69) is 56.0 Å². The first-order valence-electron chi connectivity index (χ1n) is 9.79. The average molecular weight is 456 g/mol. The number of halogens is 1. The summed E-state index contributed by atoms with van der Waals surface area (Å²) in [4.78, 5) is 35.5. The summed E-state index contributed by atoms with van der Waals surface area (Å²) < 4.78 is 0.816. The number of aromatic amines is 1. The van der Waals surface area contributed by atoms with Crippen molar-refractivity contribution in [2.75, 3.05) is 10.2 Å². The molecule has 2 N–H and O–H groups in total. The maximum Gasteiger partial charge on any atom is 0.258 e. The van der Waals surface area contributed by atoms with Crippen LogP contribution in [0.2, 0.25) is 0 Å². The Kier molecular flexibility index (Phi) is 5.17. The second kappa shape index (κ2) is 7.64. The number of rotatable bonds is 2. The van der Waals surface area contributed by atoms with Crippen molar-refractivity contribution in [3.8, 4) is 6.07 Å². The van der Waals surface area contributed by atoms with E-state index in [1.807, 2.05) is 24.3 Å². The molecule has 7 nitrogen and oxygen atoms in total. The molecule has 2 aliphatic heterocycles. The van der Waals surface area contributed by atoms with E-state index >= 15 is 0 Å². The van der Waals surface area contributed by atoms with Gasteiger partial charge in [-0.15, -0.1) is 0 Å². The Morgan fingerprint density at radius 2 is 1.97 bits per heavy atom. The van der Waals surface area contributed by atoms with Gasteiger partial charge in [0.05, 0.1) is 11.6 Å². The predicted octanol–water partition coefficient (Wildman–Crippen LogP) is 3.52. The number of piperidine rings is 1. The molecule has 150 valence electrons. The maximum absolute atomic E-state index is 13.2. The Bertz CT molecular complexity index is 1050. The van der Waals surface area contributed by atoms with E-state index in [1.165, 1.54) is 0 Å². The Labute approximate surface area is 177 Å². The first-order chi connectivity index (χ1) is 13.9. The number of nitrogens with zero attached hydrogens (tertiary/aromatic N) is 3. The quantitative estimate of drug-likeness (QED) is 0.720. The molecule has 3 heterocycles. The van der Waals surface area contributed by atoms with Crippen LogP contribution in [0, 0.1) is 17.2 Å². The van der Waals surface area contributed by atoms with Gasteiger partial charge in [-0.25, -0.2) is 0 Å². The van der Waals surface area contributed by atoms with Gasteiger partial charge in [0, 0.05) is 22.5 Å². The van der Waals surface area contributed by atoms with Crippen LogP contribution in [-0.2, 0) is 4.79 Å². The fourth-order valence-electron chi connectivity index (χ4n) is 4.52. The van der Waals surface area contributed by atoms with Gasteiger partial charge in [-0.05, 0) is 50.8 Å². The predicted molar refractivity (Wildman–Crippen MR) is 114 cm³/mol. The Balaban J connectivity index is 1.87. The normalized spacial score (nSPS) is 26.4. The van der Waals surface area contributed by atoms with Crippen molar-refractivity contribution in [2.24, 2.45) is 5.92 Å². The Morgan fingerprint density at radius 3 is 2.62 bits per heavy atom. The van der Waals surface area contributed by atoms with Crippen molar-refractivity contribution in [1.82, 2.24) is 9.97 Å². The fraction of sp³-hybridized carbons (Fsp3) is 0.429. The summed E-state index contributed by atoms with van der Waals surface area (Å²) in [5.74, 6) is -1.40. The summed E-state index contributed by atoms with van der Waals surface area (Å²) in [6, 6.07) is 9.89. The highest BCUT2D eigenvalue weighted by Crippen LogP contribution is 2.39. The minimum Gasteiger partial charge on any atom is -0.337 e. The van der Waals surface area contributed by atoms with Gasteiger partial charge in [0.15, 0.2) is 0 Å². The second-order valence-electron chi connectivity index (χ2n) is 7.82. The maximum atomic E-state index is 13.2. The number of amides is 1. The van der Waals surface area contributed by atoms with Gasteiger partial charge in [-0.2, -0.15) is 10.2 Å². The zero-order chi connectivity index (χ0) is 20.7. The number of benzene rings is 1. The van der Waals surface area contributed by atoms with Crippen molar-refractivity contribution in [3.63, 3.8) is 0 Å². The molecular weight excluding hydrogens is 434 g/mol. The smallest absolute Gasteiger partial charge is 0.258 e. The number of carbonyl (C=O) groups excluding carboxylic acids is 1. The van der Waals surface area contributed by atoms with Crippen LogP contribution >= 0.6 is 15.9 Å². The molecule has 1 aromatic carbocycles. The van der Waals surface area contributed by atoms with Crippen LogP contribution < -0.4 is 15.8 Å². The molecule has 0 aliphatic carbocycles. The molecule has 0 saturated carbocycles. The van der Waals surface area contributed by atoms with Crippen LogP contribution in [-0.4, -0.2) is 28.0 Å². The molecule has 1 saturated heterocycles. The Morgan fingerprint density at radius 1 is 1.24 bits per heavy atom. The van der Waals surface area contributed by atoms with E-state index in [-0.39, 0.29) is 23.5 Å². The monoisotopic (exact) mass is 455 g/mol. The largest absolute Gasteiger partial charge is 0.337 e. The molecule has 2 aromatic rings.